The molecule has 0 aromatic carbocycles. The minimum atomic E-state index is -0.564. The molecule has 1 aromatic heterocycles. The first-order chi connectivity index (χ1) is 9.61. The van der Waals surface area contributed by atoms with Crippen molar-refractivity contribution < 1.29 is 14.3 Å². The Hall–Kier alpha value is -1.92. The molecule has 1 amide bonds. The van der Waals surface area contributed by atoms with Gasteiger partial charge in [-0.3, -0.25) is 4.79 Å². The van der Waals surface area contributed by atoms with E-state index < -0.39 is 11.6 Å². The highest BCUT2D eigenvalue weighted by Gasteiger charge is 2.23. The fourth-order valence-electron chi connectivity index (χ4n) is 1.69. The summed E-state index contributed by atoms with van der Waals surface area (Å²) in [6, 6.07) is 0. The molecule has 118 valence electrons. The lowest BCUT2D eigenvalue weighted by molar-refractivity contribution is -0.128. The highest BCUT2D eigenvalue weighted by molar-refractivity contribution is 5.88. The summed E-state index contributed by atoms with van der Waals surface area (Å²) in [5.41, 5.74) is 0.316. The molecule has 21 heavy (non-hydrogen) atoms. The van der Waals surface area contributed by atoms with Gasteiger partial charge in [0, 0.05) is 27.1 Å². The van der Waals surface area contributed by atoms with Crippen molar-refractivity contribution in [3.8, 4) is 0 Å². The van der Waals surface area contributed by atoms with Gasteiger partial charge in [-0.2, -0.15) is 0 Å². The van der Waals surface area contributed by atoms with Gasteiger partial charge in [-0.15, -0.1) is 5.10 Å². The van der Waals surface area contributed by atoms with E-state index in [1.807, 2.05) is 0 Å². The number of hydrogen-bond acceptors (Lipinski definition) is 5. The molecule has 0 aliphatic rings. The molecule has 0 bridgehead atoms. The summed E-state index contributed by atoms with van der Waals surface area (Å²) in [7, 11) is 3.45. The second kappa shape index (κ2) is 6.69. The average molecular weight is 296 g/mol. The highest BCUT2D eigenvalue weighted by atomic mass is 16.6. The summed E-state index contributed by atoms with van der Waals surface area (Å²) in [5.74, 6) is -0.407. The normalized spacial score (nSPS) is 11.3. The second-order valence-corrected chi connectivity index (χ2v) is 6.14. The van der Waals surface area contributed by atoms with Gasteiger partial charge in [-0.1, -0.05) is 5.21 Å². The Kier molecular flexibility index (Phi) is 5.46. The van der Waals surface area contributed by atoms with Gasteiger partial charge < -0.3 is 9.64 Å². The molecule has 1 rings (SSSR count). The average Bonchev–Trinajstić information content (AvgIpc) is 2.68. The number of rotatable bonds is 5. The molecule has 0 fully saturated rings. The standard InChI is InChI=1S/C14H24N4O3/c1-10-12(13(20)21-14(2,3)4)15-16-18(10)9-7-8-11(19)17(5)6/h7-9H2,1-6H3. The maximum atomic E-state index is 12.0. The Morgan fingerprint density at radius 3 is 2.43 bits per heavy atom. The molecule has 0 unspecified atom stereocenters. The first-order valence-electron chi connectivity index (χ1n) is 6.95. The number of esters is 1. The molecule has 0 N–H and O–H groups in total. The maximum Gasteiger partial charge on any atom is 0.361 e. The number of carbonyl (C=O) groups is 2. The number of ether oxygens (including phenoxy) is 1. The van der Waals surface area contributed by atoms with Crippen LogP contribution in [0.5, 0.6) is 0 Å². The van der Waals surface area contributed by atoms with E-state index in [1.54, 1.807) is 51.4 Å². The number of aryl methyl sites for hydroxylation is 1. The molecule has 0 aliphatic carbocycles. The van der Waals surface area contributed by atoms with Crippen molar-refractivity contribution in [3.63, 3.8) is 0 Å². The Bertz CT molecular complexity index is 515. The Balaban J connectivity index is 2.64. The third-order valence-electron chi connectivity index (χ3n) is 2.83. The van der Waals surface area contributed by atoms with Gasteiger partial charge >= 0.3 is 5.97 Å². The number of carbonyl (C=O) groups excluding carboxylic acids is 2. The van der Waals surface area contributed by atoms with Crippen molar-refractivity contribution in [3.05, 3.63) is 11.4 Å². The molecule has 0 aliphatic heterocycles. The molecule has 7 nitrogen and oxygen atoms in total. The van der Waals surface area contributed by atoms with Crippen LogP contribution in [0.3, 0.4) is 0 Å². The van der Waals surface area contributed by atoms with Gasteiger partial charge in [0.15, 0.2) is 5.69 Å². The zero-order chi connectivity index (χ0) is 16.2. The third kappa shape index (κ3) is 5.17. The summed E-state index contributed by atoms with van der Waals surface area (Å²) in [6.07, 6.45) is 1.09. The fourth-order valence-corrected chi connectivity index (χ4v) is 1.69. The van der Waals surface area contributed by atoms with Crippen molar-refractivity contribution in [2.75, 3.05) is 14.1 Å². The van der Waals surface area contributed by atoms with Crippen LogP contribution in [-0.2, 0) is 16.1 Å². The summed E-state index contributed by atoms with van der Waals surface area (Å²) < 4.78 is 6.90. The van der Waals surface area contributed by atoms with Crippen LogP contribution in [0.15, 0.2) is 0 Å². The van der Waals surface area contributed by atoms with Crippen molar-refractivity contribution in [2.24, 2.45) is 0 Å². The minimum absolute atomic E-state index is 0.0696. The largest absolute Gasteiger partial charge is 0.455 e. The zero-order valence-electron chi connectivity index (χ0n) is 13.6. The minimum Gasteiger partial charge on any atom is -0.455 e. The predicted octanol–water partition coefficient (Wildman–Crippen LogP) is 1.41. The van der Waals surface area contributed by atoms with E-state index in [4.69, 9.17) is 4.74 Å². The van der Waals surface area contributed by atoms with E-state index in [2.05, 4.69) is 10.3 Å². The van der Waals surface area contributed by atoms with Crippen molar-refractivity contribution in [2.45, 2.75) is 52.7 Å². The Morgan fingerprint density at radius 2 is 1.90 bits per heavy atom. The van der Waals surface area contributed by atoms with Gasteiger partial charge in [0.1, 0.15) is 5.60 Å². The van der Waals surface area contributed by atoms with Crippen molar-refractivity contribution in [1.29, 1.82) is 0 Å². The van der Waals surface area contributed by atoms with Crippen LogP contribution in [-0.4, -0.2) is 51.5 Å². The SMILES string of the molecule is Cc1c(C(=O)OC(C)(C)C)nnn1CCCC(=O)N(C)C. The van der Waals surface area contributed by atoms with E-state index in [9.17, 15) is 9.59 Å². The van der Waals surface area contributed by atoms with E-state index in [-0.39, 0.29) is 11.6 Å². The third-order valence-corrected chi connectivity index (χ3v) is 2.83. The van der Waals surface area contributed by atoms with E-state index in [0.29, 0.717) is 25.1 Å². The summed E-state index contributed by atoms with van der Waals surface area (Å²) in [6.45, 7) is 7.72. The predicted molar refractivity (Wildman–Crippen MR) is 77.9 cm³/mol. The van der Waals surface area contributed by atoms with Crippen LogP contribution < -0.4 is 0 Å². The molecule has 1 heterocycles. The second-order valence-electron chi connectivity index (χ2n) is 6.14. The molecule has 0 atom stereocenters. The molecule has 7 heteroatoms. The van der Waals surface area contributed by atoms with Gasteiger partial charge in [-0.05, 0) is 34.1 Å². The van der Waals surface area contributed by atoms with Crippen LogP contribution in [0.4, 0.5) is 0 Å². The molecule has 1 aromatic rings. The highest BCUT2D eigenvalue weighted by Crippen LogP contribution is 2.13. The van der Waals surface area contributed by atoms with E-state index in [1.165, 1.54) is 0 Å². The summed E-state index contributed by atoms with van der Waals surface area (Å²) in [5, 5.41) is 7.83. The van der Waals surface area contributed by atoms with E-state index >= 15 is 0 Å². The quantitative estimate of drug-likeness (QED) is 0.768. The van der Waals surface area contributed by atoms with Crippen LogP contribution in [0, 0.1) is 6.92 Å². The van der Waals surface area contributed by atoms with Crippen LogP contribution in [0.2, 0.25) is 0 Å². The van der Waals surface area contributed by atoms with Gasteiger partial charge in [-0.25, -0.2) is 9.48 Å². The smallest absolute Gasteiger partial charge is 0.361 e. The van der Waals surface area contributed by atoms with Gasteiger partial charge in [0.25, 0.3) is 0 Å². The number of aromatic nitrogens is 3. The van der Waals surface area contributed by atoms with Crippen molar-refractivity contribution >= 4 is 11.9 Å². The first kappa shape index (κ1) is 17.1. The lowest BCUT2D eigenvalue weighted by Gasteiger charge is -2.18. The maximum absolute atomic E-state index is 12.0. The molecule has 0 radical (unpaired) electrons. The topological polar surface area (TPSA) is 77.3 Å². The zero-order valence-corrected chi connectivity index (χ0v) is 13.6. The Morgan fingerprint density at radius 1 is 1.29 bits per heavy atom. The summed E-state index contributed by atoms with van der Waals surface area (Å²) >= 11 is 0. The number of hydrogen-bond donors (Lipinski definition) is 0. The lowest BCUT2D eigenvalue weighted by atomic mass is 10.2. The van der Waals surface area contributed by atoms with Crippen molar-refractivity contribution in [1.82, 2.24) is 19.9 Å². The van der Waals surface area contributed by atoms with Gasteiger partial charge in [0.05, 0.1) is 5.69 Å². The molecular weight excluding hydrogens is 272 g/mol. The van der Waals surface area contributed by atoms with Crippen LogP contribution in [0.25, 0.3) is 0 Å². The van der Waals surface area contributed by atoms with E-state index in [0.717, 1.165) is 0 Å². The summed E-state index contributed by atoms with van der Waals surface area (Å²) in [4.78, 5) is 25.0. The Labute approximate surface area is 125 Å². The number of nitrogens with zero attached hydrogens (tertiary/aromatic N) is 4. The van der Waals surface area contributed by atoms with Gasteiger partial charge in [0.2, 0.25) is 5.91 Å². The fraction of sp³-hybridized carbons (Fsp3) is 0.714. The molecular formula is C14H24N4O3. The number of amides is 1. The molecule has 0 saturated carbocycles. The first-order valence-corrected chi connectivity index (χ1v) is 6.95. The molecule has 0 spiro atoms. The van der Waals surface area contributed by atoms with Crippen LogP contribution in [0.1, 0.15) is 49.8 Å². The van der Waals surface area contributed by atoms with Crippen LogP contribution >= 0.6 is 0 Å². The molecule has 0 saturated heterocycles. The monoisotopic (exact) mass is 296 g/mol. The lowest BCUT2D eigenvalue weighted by Crippen LogP contribution is -2.24.